The summed E-state index contributed by atoms with van der Waals surface area (Å²) in [6.45, 7) is 8.95. The molecule has 0 spiro atoms. The molecule has 0 aliphatic carbocycles. The van der Waals surface area contributed by atoms with Crippen LogP contribution in [0.5, 0.6) is 0 Å². The molecule has 134 valence electrons. The smallest absolute Gasteiger partial charge is 0.261 e. The molecule has 0 heterocycles. The molecule has 0 radical (unpaired) electrons. The summed E-state index contributed by atoms with van der Waals surface area (Å²) in [6, 6.07) is 11.4. The second-order valence-corrected chi connectivity index (χ2v) is 7.59. The van der Waals surface area contributed by atoms with Crippen LogP contribution in [-0.2, 0) is 10.0 Å². The number of benzene rings is 2. The summed E-state index contributed by atoms with van der Waals surface area (Å²) in [4.78, 5) is 14.1. The molecular weight excluding hydrogens is 336 g/mol. The van der Waals surface area contributed by atoms with E-state index in [2.05, 4.69) is 4.72 Å². The van der Waals surface area contributed by atoms with E-state index in [4.69, 9.17) is 0 Å². The highest BCUT2D eigenvalue weighted by atomic mass is 32.2. The zero-order valence-corrected chi connectivity index (χ0v) is 15.9. The Labute approximate surface area is 149 Å². The molecule has 0 saturated heterocycles. The van der Waals surface area contributed by atoms with Crippen molar-refractivity contribution in [1.29, 1.82) is 0 Å². The maximum atomic E-state index is 12.5. The van der Waals surface area contributed by atoms with Crippen LogP contribution in [0, 0.1) is 13.8 Å². The van der Waals surface area contributed by atoms with Gasteiger partial charge >= 0.3 is 0 Å². The average molecular weight is 360 g/mol. The third kappa shape index (κ3) is 4.39. The maximum Gasteiger partial charge on any atom is 0.261 e. The normalized spacial score (nSPS) is 11.2. The Morgan fingerprint density at radius 2 is 1.56 bits per heavy atom. The van der Waals surface area contributed by atoms with Crippen LogP contribution in [-0.4, -0.2) is 32.3 Å². The number of hydrogen-bond donors (Lipinski definition) is 1. The molecule has 0 fully saturated rings. The first kappa shape index (κ1) is 19.0. The number of carbonyl (C=O) groups excluding carboxylic acids is 1. The van der Waals surface area contributed by atoms with Gasteiger partial charge in [-0.05, 0) is 75.2 Å². The Hall–Kier alpha value is -2.34. The number of nitrogens with zero attached hydrogens (tertiary/aromatic N) is 1. The van der Waals surface area contributed by atoms with Gasteiger partial charge in [0, 0.05) is 24.3 Å². The van der Waals surface area contributed by atoms with Crippen LogP contribution >= 0.6 is 0 Å². The summed E-state index contributed by atoms with van der Waals surface area (Å²) in [6.07, 6.45) is 0. The largest absolute Gasteiger partial charge is 0.339 e. The lowest BCUT2D eigenvalue weighted by Gasteiger charge is -2.18. The lowest BCUT2D eigenvalue weighted by atomic mass is 10.1. The van der Waals surface area contributed by atoms with E-state index in [0.717, 1.165) is 11.1 Å². The van der Waals surface area contributed by atoms with Crippen molar-refractivity contribution in [2.24, 2.45) is 0 Å². The number of anilines is 1. The second kappa shape index (κ2) is 7.70. The average Bonchev–Trinajstić information content (AvgIpc) is 2.59. The fourth-order valence-corrected chi connectivity index (χ4v) is 3.54. The third-order valence-electron chi connectivity index (χ3n) is 4.22. The number of aryl methyl sites for hydroxylation is 2. The van der Waals surface area contributed by atoms with Gasteiger partial charge in [0.15, 0.2) is 0 Å². The predicted molar refractivity (Wildman–Crippen MR) is 100 cm³/mol. The molecule has 0 bridgehead atoms. The lowest BCUT2D eigenvalue weighted by Crippen LogP contribution is -2.30. The van der Waals surface area contributed by atoms with Crippen molar-refractivity contribution in [3.05, 3.63) is 59.2 Å². The topological polar surface area (TPSA) is 66.5 Å². The van der Waals surface area contributed by atoms with Crippen LogP contribution in [0.4, 0.5) is 5.69 Å². The van der Waals surface area contributed by atoms with Crippen LogP contribution in [0.25, 0.3) is 0 Å². The van der Waals surface area contributed by atoms with Crippen molar-refractivity contribution in [3.8, 4) is 0 Å². The molecular formula is C19H24N2O3S. The minimum absolute atomic E-state index is 0.101. The molecule has 0 unspecified atom stereocenters. The molecule has 5 nitrogen and oxygen atoms in total. The Kier molecular flexibility index (Phi) is 5.85. The van der Waals surface area contributed by atoms with Gasteiger partial charge in [0.25, 0.3) is 15.9 Å². The predicted octanol–water partition coefficient (Wildman–Crippen LogP) is 3.59. The van der Waals surface area contributed by atoms with E-state index >= 15 is 0 Å². The van der Waals surface area contributed by atoms with E-state index in [1.807, 2.05) is 33.8 Å². The van der Waals surface area contributed by atoms with Crippen molar-refractivity contribution < 1.29 is 13.2 Å². The SMILES string of the molecule is CCN(CC)C(=O)c1ccc(S(=O)(=O)Nc2ccc(C)c(C)c2)cc1. The van der Waals surface area contributed by atoms with Gasteiger partial charge in [-0.1, -0.05) is 6.07 Å². The number of rotatable bonds is 6. The summed E-state index contributed by atoms with van der Waals surface area (Å²) in [5, 5.41) is 0. The highest BCUT2D eigenvalue weighted by molar-refractivity contribution is 7.92. The van der Waals surface area contributed by atoms with Gasteiger partial charge in [-0.25, -0.2) is 8.42 Å². The van der Waals surface area contributed by atoms with Crippen LogP contribution < -0.4 is 4.72 Å². The highest BCUT2D eigenvalue weighted by Gasteiger charge is 2.17. The first-order valence-electron chi connectivity index (χ1n) is 8.28. The Bertz CT molecular complexity index is 855. The van der Waals surface area contributed by atoms with Gasteiger partial charge in [-0.2, -0.15) is 0 Å². The Morgan fingerprint density at radius 1 is 0.960 bits per heavy atom. The standard InChI is InChI=1S/C19H24N2O3S/c1-5-21(6-2)19(22)16-8-11-18(12-9-16)25(23,24)20-17-10-7-14(3)15(4)13-17/h7-13,20H,5-6H2,1-4H3. The summed E-state index contributed by atoms with van der Waals surface area (Å²) in [5.74, 6) is -0.101. The zero-order valence-electron chi connectivity index (χ0n) is 15.0. The molecule has 6 heteroatoms. The van der Waals surface area contributed by atoms with Crippen molar-refractivity contribution in [3.63, 3.8) is 0 Å². The number of hydrogen-bond acceptors (Lipinski definition) is 3. The first-order valence-corrected chi connectivity index (χ1v) is 9.76. The molecule has 2 aromatic carbocycles. The Morgan fingerprint density at radius 3 is 2.08 bits per heavy atom. The first-order chi connectivity index (χ1) is 11.8. The van der Waals surface area contributed by atoms with Crippen LogP contribution in [0.2, 0.25) is 0 Å². The van der Waals surface area contributed by atoms with Crippen molar-refractivity contribution in [1.82, 2.24) is 4.90 Å². The van der Waals surface area contributed by atoms with E-state index in [0.29, 0.717) is 24.3 Å². The molecule has 2 rings (SSSR count). The fraction of sp³-hybridized carbons (Fsp3) is 0.316. The number of nitrogens with one attached hydrogen (secondary N) is 1. The molecule has 25 heavy (non-hydrogen) atoms. The van der Waals surface area contributed by atoms with E-state index in [1.165, 1.54) is 12.1 Å². The summed E-state index contributed by atoms with van der Waals surface area (Å²) < 4.78 is 27.6. The van der Waals surface area contributed by atoms with Gasteiger partial charge in [0.1, 0.15) is 0 Å². The van der Waals surface area contributed by atoms with Gasteiger partial charge < -0.3 is 4.90 Å². The van der Waals surface area contributed by atoms with Gasteiger partial charge in [0.05, 0.1) is 4.90 Å². The van der Waals surface area contributed by atoms with Gasteiger partial charge in [-0.15, -0.1) is 0 Å². The van der Waals surface area contributed by atoms with Crippen molar-refractivity contribution in [2.45, 2.75) is 32.6 Å². The maximum absolute atomic E-state index is 12.5. The second-order valence-electron chi connectivity index (χ2n) is 5.91. The number of amides is 1. The summed E-state index contributed by atoms with van der Waals surface area (Å²) >= 11 is 0. The monoisotopic (exact) mass is 360 g/mol. The van der Waals surface area contributed by atoms with Gasteiger partial charge in [-0.3, -0.25) is 9.52 Å². The van der Waals surface area contributed by atoms with Crippen molar-refractivity contribution >= 4 is 21.6 Å². The molecule has 1 N–H and O–H groups in total. The molecule has 1 amide bonds. The van der Waals surface area contributed by atoms with E-state index in [9.17, 15) is 13.2 Å². The number of sulfonamides is 1. The van der Waals surface area contributed by atoms with Crippen LogP contribution in [0.15, 0.2) is 47.4 Å². The van der Waals surface area contributed by atoms with Gasteiger partial charge in [0.2, 0.25) is 0 Å². The fourth-order valence-electron chi connectivity index (χ4n) is 2.49. The molecule has 2 aromatic rings. The number of carbonyl (C=O) groups is 1. The Balaban J connectivity index is 2.22. The molecule has 0 saturated carbocycles. The summed E-state index contributed by atoms with van der Waals surface area (Å²) in [7, 11) is -3.69. The van der Waals surface area contributed by atoms with Crippen LogP contribution in [0.3, 0.4) is 0 Å². The molecule has 0 atom stereocenters. The van der Waals surface area contributed by atoms with E-state index < -0.39 is 10.0 Å². The van der Waals surface area contributed by atoms with Crippen molar-refractivity contribution in [2.75, 3.05) is 17.8 Å². The van der Waals surface area contributed by atoms with E-state index in [-0.39, 0.29) is 10.8 Å². The lowest BCUT2D eigenvalue weighted by molar-refractivity contribution is 0.0773. The van der Waals surface area contributed by atoms with Crippen LogP contribution in [0.1, 0.15) is 35.3 Å². The van der Waals surface area contributed by atoms with E-state index in [1.54, 1.807) is 29.2 Å². The minimum Gasteiger partial charge on any atom is -0.339 e. The highest BCUT2D eigenvalue weighted by Crippen LogP contribution is 2.19. The molecule has 0 aromatic heterocycles. The third-order valence-corrected chi connectivity index (χ3v) is 5.62. The zero-order chi connectivity index (χ0) is 18.6. The minimum atomic E-state index is -3.69. The molecule has 0 aliphatic rings. The summed E-state index contributed by atoms with van der Waals surface area (Å²) in [5.41, 5.74) is 3.11. The quantitative estimate of drug-likeness (QED) is 0.856. The molecule has 0 aliphatic heterocycles.